The number of rotatable bonds is 5. The monoisotopic (exact) mass is 352 g/mol. The molecular formula is C15H13BrO3S. The highest BCUT2D eigenvalue weighted by Gasteiger charge is 2.23. The molecule has 0 spiro atoms. The summed E-state index contributed by atoms with van der Waals surface area (Å²) in [5.74, 6) is -1.65. The lowest BCUT2D eigenvalue weighted by molar-refractivity contribution is -0.138. The number of carboxylic acids is 1. The smallest absolute Gasteiger partial charge is 0.311 e. The Morgan fingerprint density at radius 3 is 2.25 bits per heavy atom. The lowest BCUT2D eigenvalue weighted by atomic mass is 10.0. The normalized spacial score (nSPS) is 13.7. The van der Waals surface area contributed by atoms with Crippen LogP contribution in [0, 0.1) is 0 Å². The van der Waals surface area contributed by atoms with Gasteiger partial charge in [-0.05, 0) is 29.8 Å². The summed E-state index contributed by atoms with van der Waals surface area (Å²) >= 11 is 3.31. The van der Waals surface area contributed by atoms with Crippen molar-refractivity contribution < 1.29 is 14.1 Å². The van der Waals surface area contributed by atoms with Gasteiger partial charge in [-0.1, -0.05) is 46.3 Å². The van der Waals surface area contributed by atoms with Crippen LogP contribution >= 0.6 is 15.9 Å². The van der Waals surface area contributed by atoms with Gasteiger partial charge in [-0.15, -0.1) is 0 Å². The van der Waals surface area contributed by atoms with Crippen molar-refractivity contribution >= 4 is 32.7 Å². The third-order valence-electron chi connectivity index (χ3n) is 2.89. The predicted molar refractivity (Wildman–Crippen MR) is 82.2 cm³/mol. The van der Waals surface area contributed by atoms with E-state index in [0.717, 1.165) is 4.47 Å². The first-order valence-corrected chi connectivity index (χ1v) is 8.11. The molecule has 0 saturated carbocycles. The molecule has 3 nitrogen and oxygen atoms in total. The van der Waals surface area contributed by atoms with Gasteiger partial charge in [0.25, 0.3) is 0 Å². The second-order valence-electron chi connectivity index (χ2n) is 4.27. The molecule has 0 saturated heterocycles. The SMILES string of the molecule is O=C(O)C(CS(=O)c1ccc(Br)cc1)c1ccccc1. The zero-order chi connectivity index (χ0) is 14.5. The molecule has 0 aliphatic rings. The molecule has 20 heavy (non-hydrogen) atoms. The standard InChI is InChI=1S/C15H13BrO3S/c16-12-6-8-13(9-7-12)20(19)10-14(15(17)18)11-4-2-1-3-5-11/h1-9,14H,10H2,(H,17,18). The van der Waals surface area contributed by atoms with Crippen LogP contribution < -0.4 is 0 Å². The second-order valence-corrected chi connectivity index (χ2v) is 6.68. The van der Waals surface area contributed by atoms with Crippen LogP contribution in [0.4, 0.5) is 0 Å². The Balaban J connectivity index is 2.19. The maximum atomic E-state index is 12.3. The highest BCUT2D eigenvalue weighted by Crippen LogP contribution is 2.21. The van der Waals surface area contributed by atoms with E-state index in [2.05, 4.69) is 15.9 Å². The molecule has 2 atom stereocenters. The lowest BCUT2D eigenvalue weighted by Crippen LogP contribution is -2.18. The average molecular weight is 353 g/mol. The maximum absolute atomic E-state index is 12.3. The van der Waals surface area contributed by atoms with Crippen molar-refractivity contribution in [3.63, 3.8) is 0 Å². The van der Waals surface area contributed by atoms with Crippen LogP contribution in [0.5, 0.6) is 0 Å². The first kappa shape index (κ1) is 14.9. The number of halogens is 1. The first-order chi connectivity index (χ1) is 9.58. The molecule has 0 radical (unpaired) electrons. The molecule has 104 valence electrons. The first-order valence-electron chi connectivity index (χ1n) is 5.99. The number of aliphatic carboxylic acids is 1. The summed E-state index contributed by atoms with van der Waals surface area (Å²) in [4.78, 5) is 12.0. The predicted octanol–water partition coefficient (Wildman–Crippen LogP) is 3.43. The van der Waals surface area contributed by atoms with Crippen LogP contribution in [0.1, 0.15) is 11.5 Å². The minimum atomic E-state index is -1.34. The van der Waals surface area contributed by atoms with E-state index in [9.17, 15) is 14.1 Å². The summed E-state index contributed by atoms with van der Waals surface area (Å²) in [6, 6.07) is 16.0. The molecule has 0 bridgehead atoms. The zero-order valence-corrected chi connectivity index (χ0v) is 12.9. The summed E-state index contributed by atoms with van der Waals surface area (Å²) in [5.41, 5.74) is 0.672. The third-order valence-corrected chi connectivity index (χ3v) is 4.86. The van der Waals surface area contributed by atoms with E-state index in [1.807, 2.05) is 6.07 Å². The summed E-state index contributed by atoms with van der Waals surface area (Å²) in [6.07, 6.45) is 0. The molecule has 2 aromatic carbocycles. The van der Waals surface area contributed by atoms with Crippen LogP contribution in [0.2, 0.25) is 0 Å². The molecule has 2 unspecified atom stereocenters. The van der Waals surface area contributed by atoms with Crippen molar-refractivity contribution in [1.82, 2.24) is 0 Å². The zero-order valence-electron chi connectivity index (χ0n) is 10.5. The second kappa shape index (κ2) is 6.81. The van der Waals surface area contributed by atoms with Gasteiger partial charge in [0.05, 0.1) is 16.7 Å². The van der Waals surface area contributed by atoms with E-state index in [1.165, 1.54) is 0 Å². The van der Waals surface area contributed by atoms with Crippen LogP contribution in [-0.2, 0) is 15.6 Å². The van der Waals surface area contributed by atoms with Crippen LogP contribution in [0.15, 0.2) is 64.0 Å². The molecule has 2 rings (SSSR count). The number of hydrogen-bond acceptors (Lipinski definition) is 2. The average Bonchev–Trinajstić information content (AvgIpc) is 2.46. The van der Waals surface area contributed by atoms with Crippen molar-refractivity contribution in [2.75, 3.05) is 5.75 Å². The fraction of sp³-hybridized carbons (Fsp3) is 0.133. The molecule has 0 heterocycles. The van der Waals surface area contributed by atoms with Gasteiger partial charge in [0.15, 0.2) is 0 Å². The van der Waals surface area contributed by atoms with E-state index >= 15 is 0 Å². The number of carboxylic acid groups (broad SMARTS) is 1. The Kier molecular flexibility index (Phi) is 5.09. The fourth-order valence-electron chi connectivity index (χ4n) is 1.83. The molecule has 0 amide bonds. The van der Waals surface area contributed by atoms with Crippen molar-refractivity contribution in [2.24, 2.45) is 0 Å². The van der Waals surface area contributed by atoms with Crippen molar-refractivity contribution in [3.8, 4) is 0 Å². The number of carbonyl (C=O) groups is 1. The molecule has 0 aliphatic heterocycles. The number of hydrogen-bond donors (Lipinski definition) is 1. The van der Waals surface area contributed by atoms with E-state index in [-0.39, 0.29) is 5.75 Å². The summed E-state index contributed by atoms with van der Waals surface area (Å²) in [6.45, 7) is 0. The molecule has 0 fully saturated rings. The molecule has 5 heteroatoms. The summed E-state index contributed by atoms with van der Waals surface area (Å²) in [7, 11) is -1.34. The third kappa shape index (κ3) is 3.77. The van der Waals surface area contributed by atoms with Crippen molar-refractivity contribution in [3.05, 3.63) is 64.6 Å². The Labute approximate surface area is 128 Å². The van der Waals surface area contributed by atoms with Gasteiger partial charge in [0, 0.05) is 15.1 Å². The summed E-state index contributed by atoms with van der Waals surface area (Å²) < 4.78 is 13.2. The Morgan fingerprint density at radius 2 is 1.70 bits per heavy atom. The van der Waals surface area contributed by atoms with E-state index in [0.29, 0.717) is 10.5 Å². The largest absolute Gasteiger partial charge is 0.481 e. The molecular weight excluding hydrogens is 340 g/mol. The van der Waals surface area contributed by atoms with Gasteiger partial charge in [-0.3, -0.25) is 9.00 Å². The quantitative estimate of drug-likeness (QED) is 0.896. The van der Waals surface area contributed by atoms with Crippen molar-refractivity contribution in [1.29, 1.82) is 0 Å². The van der Waals surface area contributed by atoms with Crippen molar-refractivity contribution in [2.45, 2.75) is 10.8 Å². The minimum absolute atomic E-state index is 0.0704. The number of benzene rings is 2. The van der Waals surface area contributed by atoms with Gasteiger partial charge >= 0.3 is 5.97 Å². The molecule has 1 N–H and O–H groups in total. The van der Waals surface area contributed by atoms with E-state index < -0.39 is 22.7 Å². The van der Waals surface area contributed by atoms with Gasteiger partial charge in [0.1, 0.15) is 0 Å². The maximum Gasteiger partial charge on any atom is 0.311 e. The fourth-order valence-corrected chi connectivity index (χ4v) is 3.36. The van der Waals surface area contributed by atoms with Gasteiger partial charge in [-0.25, -0.2) is 0 Å². The van der Waals surface area contributed by atoms with Gasteiger partial charge in [0.2, 0.25) is 0 Å². The van der Waals surface area contributed by atoms with Crippen LogP contribution in [0.25, 0.3) is 0 Å². The van der Waals surface area contributed by atoms with E-state index in [1.54, 1.807) is 48.5 Å². The van der Waals surface area contributed by atoms with Crippen LogP contribution in [-0.4, -0.2) is 21.0 Å². The highest BCUT2D eigenvalue weighted by molar-refractivity contribution is 9.10. The minimum Gasteiger partial charge on any atom is -0.481 e. The van der Waals surface area contributed by atoms with E-state index in [4.69, 9.17) is 0 Å². The van der Waals surface area contributed by atoms with Crippen LogP contribution in [0.3, 0.4) is 0 Å². The Morgan fingerprint density at radius 1 is 1.10 bits per heavy atom. The molecule has 0 aromatic heterocycles. The Bertz CT molecular complexity index is 611. The van der Waals surface area contributed by atoms with Gasteiger partial charge in [-0.2, -0.15) is 0 Å². The summed E-state index contributed by atoms with van der Waals surface area (Å²) in [5, 5.41) is 9.32. The lowest BCUT2D eigenvalue weighted by Gasteiger charge is -2.12. The Hall–Kier alpha value is -1.46. The van der Waals surface area contributed by atoms with Gasteiger partial charge < -0.3 is 5.11 Å². The molecule has 0 aliphatic carbocycles. The highest BCUT2D eigenvalue weighted by atomic mass is 79.9. The molecule has 2 aromatic rings. The topological polar surface area (TPSA) is 54.4 Å².